The molecule has 152 valence electrons. The molecule has 0 fully saturated rings. The molecule has 0 saturated carbocycles. The van der Waals surface area contributed by atoms with Gasteiger partial charge in [-0.2, -0.15) is 0 Å². The van der Waals surface area contributed by atoms with Crippen LogP contribution in [-0.4, -0.2) is 36.8 Å². The van der Waals surface area contributed by atoms with Crippen molar-refractivity contribution in [1.29, 1.82) is 0 Å². The van der Waals surface area contributed by atoms with E-state index in [4.69, 9.17) is 11.6 Å². The van der Waals surface area contributed by atoms with Gasteiger partial charge in [-0.15, -0.1) is 10.2 Å². The van der Waals surface area contributed by atoms with Crippen LogP contribution < -0.4 is 9.62 Å². The molecule has 0 unspecified atom stereocenters. The van der Waals surface area contributed by atoms with Crippen LogP contribution in [0.1, 0.15) is 6.92 Å². The number of benzene rings is 2. The predicted octanol–water partition coefficient (Wildman–Crippen LogP) is 3.79. The maximum Gasteiger partial charge on any atom is 0.249 e. The van der Waals surface area contributed by atoms with Crippen LogP contribution in [0.5, 0.6) is 0 Å². The van der Waals surface area contributed by atoms with Crippen molar-refractivity contribution in [3.8, 4) is 10.6 Å². The lowest BCUT2D eigenvalue weighted by Gasteiger charge is -2.27. The van der Waals surface area contributed by atoms with Crippen molar-refractivity contribution in [3.63, 3.8) is 0 Å². The van der Waals surface area contributed by atoms with Crippen LogP contribution in [0.15, 0.2) is 48.5 Å². The van der Waals surface area contributed by atoms with E-state index in [1.807, 2.05) is 0 Å². The Bertz CT molecular complexity index is 1120. The molecule has 0 saturated heterocycles. The molecule has 3 rings (SSSR count). The number of rotatable bonds is 6. The number of halogens is 2. The van der Waals surface area contributed by atoms with Gasteiger partial charge in [-0.25, -0.2) is 12.8 Å². The number of nitrogens with zero attached hydrogens (tertiary/aromatic N) is 3. The smallest absolute Gasteiger partial charge is 0.249 e. The molecule has 1 heterocycles. The molecule has 29 heavy (non-hydrogen) atoms. The molecular formula is C18H16ClFN4O3S2. The molecule has 0 aliphatic carbocycles. The summed E-state index contributed by atoms with van der Waals surface area (Å²) in [6.45, 7) is 1.43. The largest absolute Gasteiger partial charge is 0.299 e. The highest BCUT2D eigenvalue weighted by Crippen LogP contribution is 2.28. The van der Waals surface area contributed by atoms with Crippen LogP contribution in [-0.2, 0) is 14.8 Å². The minimum absolute atomic E-state index is 0.177. The number of aromatic nitrogens is 2. The third-order valence-corrected chi connectivity index (χ3v) is 6.30. The predicted molar refractivity (Wildman–Crippen MR) is 112 cm³/mol. The summed E-state index contributed by atoms with van der Waals surface area (Å²) >= 11 is 7.01. The molecule has 0 aliphatic heterocycles. The highest BCUT2D eigenvalue weighted by Gasteiger charge is 2.29. The summed E-state index contributed by atoms with van der Waals surface area (Å²) in [5.74, 6) is -1.11. The van der Waals surface area contributed by atoms with Crippen molar-refractivity contribution >= 4 is 49.7 Å². The number of nitrogens with one attached hydrogen (secondary N) is 1. The van der Waals surface area contributed by atoms with Crippen molar-refractivity contribution in [2.45, 2.75) is 13.0 Å². The number of carbonyl (C=O) groups excluding carboxylic acids is 1. The normalized spacial score (nSPS) is 12.4. The van der Waals surface area contributed by atoms with Crippen LogP contribution in [0, 0.1) is 5.82 Å². The molecular weight excluding hydrogens is 439 g/mol. The lowest BCUT2D eigenvalue weighted by atomic mass is 10.2. The summed E-state index contributed by atoms with van der Waals surface area (Å²) in [4.78, 5) is 12.7. The summed E-state index contributed by atoms with van der Waals surface area (Å²) in [6.07, 6.45) is 0.976. The van der Waals surface area contributed by atoms with Crippen molar-refractivity contribution in [2.75, 3.05) is 15.9 Å². The molecule has 3 aromatic rings. The summed E-state index contributed by atoms with van der Waals surface area (Å²) in [7, 11) is -3.80. The second-order valence-electron chi connectivity index (χ2n) is 6.12. The van der Waals surface area contributed by atoms with Crippen molar-refractivity contribution < 1.29 is 17.6 Å². The molecule has 0 bridgehead atoms. The van der Waals surface area contributed by atoms with Gasteiger partial charge < -0.3 is 0 Å². The fourth-order valence-electron chi connectivity index (χ4n) is 2.59. The highest BCUT2D eigenvalue weighted by atomic mass is 35.5. The Kier molecular flexibility index (Phi) is 6.15. The number of hydrogen-bond acceptors (Lipinski definition) is 6. The molecule has 0 spiro atoms. The maximum atomic E-state index is 13.2. The fraction of sp³-hybridized carbons (Fsp3) is 0.167. The van der Waals surface area contributed by atoms with Gasteiger partial charge in [-0.1, -0.05) is 35.1 Å². The first-order valence-electron chi connectivity index (χ1n) is 8.30. The summed E-state index contributed by atoms with van der Waals surface area (Å²) < 4.78 is 38.6. The molecule has 11 heteroatoms. The van der Waals surface area contributed by atoms with E-state index in [1.54, 1.807) is 24.3 Å². The molecule has 1 atom stereocenters. The second kappa shape index (κ2) is 8.44. The van der Waals surface area contributed by atoms with E-state index in [1.165, 1.54) is 19.1 Å². The topological polar surface area (TPSA) is 92.3 Å². The molecule has 2 aromatic carbocycles. The average molecular weight is 455 g/mol. The Balaban J connectivity index is 1.80. The molecule has 1 N–H and O–H groups in total. The summed E-state index contributed by atoms with van der Waals surface area (Å²) in [6, 6.07) is 10.7. The standard InChI is InChI=1S/C18H16ClFN4O3S2/c1-11(24(29(2,26)27)15-9-7-14(20)8-10-15)16(25)21-18-23-22-17(28-18)12-3-5-13(19)6-4-12/h3-11H,1-2H3,(H,21,23,25)/t11-/m0/s1. The molecule has 7 nitrogen and oxygen atoms in total. The monoisotopic (exact) mass is 454 g/mol. The average Bonchev–Trinajstić information content (AvgIpc) is 3.11. The van der Waals surface area contributed by atoms with E-state index in [9.17, 15) is 17.6 Å². The molecule has 1 amide bonds. The number of amides is 1. The van der Waals surface area contributed by atoms with Gasteiger partial charge in [0.15, 0.2) is 0 Å². The van der Waals surface area contributed by atoms with Gasteiger partial charge in [0.1, 0.15) is 16.9 Å². The minimum atomic E-state index is -3.80. The lowest BCUT2D eigenvalue weighted by Crippen LogP contribution is -2.45. The van der Waals surface area contributed by atoms with Gasteiger partial charge in [0.05, 0.1) is 11.9 Å². The van der Waals surface area contributed by atoms with Crippen LogP contribution in [0.4, 0.5) is 15.2 Å². The Morgan fingerprint density at radius 1 is 1.14 bits per heavy atom. The van der Waals surface area contributed by atoms with Gasteiger partial charge in [0.25, 0.3) is 0 Å². The van der Waals surface area contributed by atoms with Gasteiger partial charge in [-0.3, -0.25) is 14.4 Å². The minimum Gasteiger partial charge on any atom is -0.299 e. The van der Waals surface area contributed by atoms with Gasteiger partial charge in [-0.05, 0) is 43.3 Å². The zero-order valence-corrected chi connectivity index (χ0v) is 17.7. The van der Waals surface area contributed by atoms with E-state index in [2.05, 4.69) is 15.5 Å². The van der Waals surface area contributed by atoms with Crippen LogP contribution in [0.25, 0.3) is 10.6 Å². The Morgan fingerprint density at radius 3 is 2.34 bits per heavy atom. The van der Waals surface area contributed by atoms with Crippen LogP contribution in [0.3, 0.4) is 0 Å². The van der Waals surface area contributed by atoms with Crippen molar-refractivity contribution in [2.24, 2.45) is 0 Å². The Morgan fingerprint density at radius 2 is 1.76 bits per heavy atom. The zero-order valence-electron chi connectivity index (χ0n) is 15.3. The van der Waals surface area contributed by atoms with E-state index >= 15 is 0 Å². The SMILES string of the molecule is C[C@@H](C(=O)Nc1nnc(-c2ccc(Cl)cc2)s1)N(c1ccc(F)cc1)S(C)(=O)=O. The highest BCUT2D eigenvalue weighted by molar-refractivity contribution is 7.92. The Hall–Kier alpha value is -2.56. The summed E-state index contributed by atoms with van der Waals surface area (Å²) in [5, 5.41) is 11.9. The first kappa shape index (κ1) is 21.2. The third kappa shape index (κ3) is 5.08. The van der Waals surface area contributed by atoms with Gasteiger partial charge in [0, 0.05) is 10.6 Å². The Labute approximate surface area is 176 Å². The number of anilines is 2. The first-order chi connectivity index (χ1) is 13.6. The van der Waals surface area contributed by atoms with E-state index < -0.39 is 27.8 Å². The van der Waals surface area contributed by atoms with Crippen molar-refractivity contribution in [3.05, 3.63) is 59.4 Å². The third-order valence-electron chi connectivity index (χ3n) is 3.92. The van der Waals surface area contributed by atoms with E-state index in [0.29, 0.717) is 10.0 Å². The number of carbonyl (C=O) groups is 1. The fourth-order valence-corrected chi connectivity index (χ4v) is 4.64. The quantitative estimate of drug-likeness (QED) is 0.611. The molecule has 0 aliphatic rings. The van der Waals surface area contributed by atoms with E-state index in [-0.39, 0.29) is 10.8 Å². The zero-order chi connectivity index (χ0) is 21.2. The van der Waals surface area contributed by atoms with Crippen LogP contribution >= 0.6 is 22.9 Å². The number of sulfonamides is 1. The lowest BCUT2D eigenvalue weighted by molar-refractivity contribution is -0.116. The van der Waals surface area contributed by atoms with Crippen LogP contribution in [0.2, 0.25) is 5.02 Å². The number of hydrogen-bond donors (Lipinski definition) is 1. The first-order valence-corrected chi connectivity index (χ1v) is 11.3. The second-order valence-corrected chi connectivity index (χ2v) is 9.39. The molecule has 0 radical (unpaired) electrons. The van der Waals surface area contributed by atoms with E-state index in [0.717, 1.165) is 39.6 Å². The van der Waals surface area contributed by atoms with Gasteiger partial charge >= 0.3 is 0 Å². The maximum absolute atomic E-state index is 13.2. The van der Waals surface area contributed by atoms with Crippen molar-refractivity contribution in [1.82, 2.24) is 10.2 Å². The van der Waals surface area contributed by atoms with Gasteiger partial charge in [0.2, 0.25) is 21.1 Å². The summed E-state index contributed by atoms with van der Waals surface area (Å²) in [5.41, 5.74) is 0.959. The molecule has 1 aromatic heterocycles.